The number of hydrogen-bond acceptors (Lipinski definition) is 4. The molecule has 7 aromatic rings. The number of benzene rings is 4. The van der Waals surface area contributed by atoms with Crippen LogP contribution < -0.4 is 9.47 Å². The molecule has 0 spiro atoms. The smallest absolute Gasteiger partial charge is 0.509 e. The number of rotatable bonds is 7. The number of ether oxygens (including phenoxy) is 2. The van der Waals surface area contributed by atoms with Crippen molar-refractivity contribution in [3.05, 3.63) is 127 Å². The van der Waals surface area contributed by atoms with Crippen LogP contribution in [0.4, 0.5) is 4.39 Å². The first-order chi connectivity index (χ1) is 21.0. The fourth-order valence-corrected chi connectivity index (χ4v) is 5.65. The van der Waals surface area contributed by atoms with Gasteiger partial charge in [0.25, 0.3) is 0 Å². The summed E-state index contributed by atoms with van der Waals surface area (Å²) in [5.41, 5.74) is 6.78. The van der Waals surface area contributed by atoms with Crippen LogP contribution in [0.15, 0.2) is 97.5 Å². The molecule has 0 atom stereocenters. The number of fused-ring (bicyclic) bond motifs is 3. The van der Waals surface area contributed by atoms with Crippen LogP contribution in [0.5, 0.6) is 17.2 Å². The van der Waals surface area contributed by atoms with Gasteiger partial charge in [-0.05, 0) is 72.8 Å². The minimum atomic E-state index is -0.357. The summed E-state index contributed by atoms with van der Waals surface area (Å²) in [6, 6.07) is 31.1. The van der Waals surface area contributed by atoms with E-state index in [0.29, 0.717) is 23.9 Å². The molecule has 0 aliphatic rings. The second-order valence-electron chi connectivity index (χ2n) is 10.3. The zero-order valence-corrected chi connectivity index (χ0v) is 26.5. The Hall–Kier alpha value is -4.74. The summed E-state index contributed by atoms with van der Waals surface area (Å²) in [7, 11) is 0. The molecule has 220 valence electrons. The van der Waals surface area contributed by atoms with Gasteiger partial charge >= 0.3 is 21.1 Å². The van der Waals surface area contributed by atoms with Crippen LogP contribution >= 0.6 is 0 Å². The van der Waals surface area contributed by atoms with Gasteiger partial charge in [-0.1, -0.05) is 23.7 Å². The molecule has 0 fully saturated rings. The van der Waals surface area contributed by atoms with Crippen LogP contribution in [-0.4, -0.2) is 25.9 Å². The molecule has 0 radical (unpaired) electrons. The summed E-state index contributed by atoms with van der Waals surface area (Å²) in [5.74, 6) is 2.01. The van der Waals surface area contributed by atoms with E-state index in [1.165, 1.54) is 18.3 Å². The van der Waals surface area contributed by atoms with Gasteiger partial charge in [-0.2, -0.15) is 17.2 Å². The molecule has 0 unspecified atom stereocenters. The van der Waals surface area contributed by atoms with Crippen LogP contribution in [-0.2, 0) is 21.1 Å². The van der Waals surface area contributed by atoms with E-state index >= 15 is 0 Å². The van der Waals surface area contributed by atoms with Crippen molar-refractivity contribution in [2.45, 2.75) is 20.8 Å². The van der Waals surface area contributed by atoms with Gasteiger partial charge in [-0.3, -0.25) is 4.68 Å². The first-order valence-corrected chi connectivity index (χ1v) is 14.1. The van der Waals surface area contributed by atoms with Crippen LogP contribution in [0.3, 0.4) is 0 Å². The molecule has 0 saturated carbocycles. The molecule has 0 aliphatic heterocycles. The van der Waals surface area contributed by atoms with Crippen molar-refractivity contribution in [2.75, 3.05) is 6.61 Å². The number of halogens is 1. The van der Waals surface area contributed by atoms with Crippen LogP contribution in [0.25, 0.3) is 44.4 Å². The Morgan fingerprint density at radius 1 is 0.864 bits per heavy atom. The molecule has 3 heterocycles. The molecular weight excluding hydrogens is 734 g/mol. The Morgan fingerprint density at radius 2 is 1.66 bits per heavy atom. The maximum atomic E-state index is 14.2. The minimum absolute atomic E-state index is 0. The molecule has 0 bridgehead atoms. The predicted octanol–water partition coefficient (Wildman–Crippen LogP) is 8.58. The number of nitrogens with zero attached hydrogens (tertiary/aromatic N) is 4. The Morgan fingerprint density at radius 3 is 2.45 bits per heavy atom. The molecule has 4 aromatic carbocycles. The van der Waals surface area contributed by atoms with Gasteiger partial charge in [-0.15, -0.1) is 35.7 Å². The van der Waals surface area contributed by atoms with Gasteiger partial charge in [0, 0.05) is 41.0 Å². The van der Waals surface area contributed by atoms with E-state index in [0.717, 1.165) is 55.5 Å². The minimum Gasteiger partial charge on any atom is -0.509 e. The number of hydrogen-bond donors (Lipinski definition) is 0. The number of pyridine rings is 1. The topological polar surface area (TPSA) is 54.1 Å². The summed E-state index contributed by atoms with van der Waals surface area (Å²) in [5, 5.41) is 6.61. The van der Waals surface area contributed by atoms with Crippen LogP contribution in [0, 0.1) is 31.8 Å². The van der Waals surface area contributed by atoms with Crippen LogP contribution in [0.2, 0.25) is 0 Å². The van der Waals surface area contributed by atoms with E-state index < -0.39 is 0 Å². The van der Waals surface area contributed by atoms with E-state index in [2.05, 4.69) is 48.2 Å². The Labute approximate surface area is 269 Å². The summed E-state index contributed by atoms with van der Waals surface area (Å²) in [6.07, 6.45) is 5.32. The van der Waals surface area contributed by atoms with E-state index in [-0.39, 0.29) is 26.9 Å². The second kappa shape index (κ2) is 12.1. The molecule has 0 amide bonds. The summed E-state index contributed by atoms with van der Waals surface area (Å²) >= 11 is 0. The van der Waals surface area contributed by atoms with Crippen LogP contribution in [0.1, 0.15) is 18.1 Å². The Balaban J connectivity index is 0.00000343. The van der Waals surface area contributed by atoms with Gasteiger partial charge in [0.2, 0.25) is 0 Å². The molecule has 0 aliphatic carbocycles. The molecule has 3 aromatic heterocycles. The largest absolute Gasteiger partial charge is 2.00 e. The van der Waals surface area contributed by atoms with Gasteiger partial charge in [-0.25, -0.2) is 9.37 Å². The van der Waals surface area contributed by atoms with Crippen molar-refractivity contribution in [2.24, 2.45) is 0 Å². The summed E-state index contributed by atoms with van der Waals surface area (Å²) in [6.45, 7) is 6.78. The van der Waals surface area contributed by atoms with Gasteiger partial charge < -0.3 is 14.0 Å². The number of para-hydroxylation sites is 1. The van der Waals surface area contributed by atoms with E-state index in [1.54, 1.807) is 4.68 Å². The van der Waals surface area contributed by atoms with E-state index in [9.17, 15) is 4.39 Å². The number of aromatic nitrogens is 4. The Kier molecular flexibility index (Phi) is 8.07. The van der Waals surface area contributed by atoms with E-state index in [1.807, 2.05) is 78.5 Å². The quantitative estimate of drug-likeness (QED) is 0.153. The van der Waals surface area contributed by atoms with Crippen molar-refractivity contribution in [3.63, 3.8) is 0 Å². The number of aryl methyl sites for hydroxylation is 2. The van der Waals surface area contributed by atoms with Crippen molar-refractivity contribution < 1.29 is 34.9 Å². The fraction of sp³-hybridized carbons (Fsp3) is 0.111. The first kappa shape index (κ1) is 29.3. The molecule has 44 heavy (non-hydrogen) atoms. The third-order valence-corrected chi connectivity index (χ3v) is 7.40. The molecule has 7 rings (SSSR count). The standard InChI is InChI=1S/C36H27FN4O2.Pt/c1-4-42-30-16-23(2)36(24(3)17-30)25-21-39-40(22-25)27-8-7-9-28(19-27)43-29-12-13-32-31-10-5-6-11-33(31)41(34(32)20-29)35-18-26(37)14-15-38-35;/h5-18,21-22H,4H2,1-3H3;/q-2;+2. The average molecular weight is 762 g/mol. The first-order valence-electron chi connectivity index (χ1n) is 14.1. The summed E-state index contributed by atoms with van der Waals surface area (Å²) < 4.78 is 29.8. The van der Waals surface area contributed by atoms with Crippen molar-refractivity contribution in [3.8, 4) is 39.9 Å². The van der Waals surface area contributed by atoms with Gasteiger partial charge in [0.05, 0.1) is 12.8 Å². The maximum Gasteiger partial charge on any atom is 2.00 e. The fourth-order valence-electron chi connectivity index (χ4n) is 5.65. The zero-order chi connectivity index (χ0) is 29.5. The van der Waals surface area contributed by atoms with Crippen molar-refractivity contribution in [1.82, 2.24) is 19.3 Å². The molecule has 0 N–H and O–H groups in total. The Bertz CT molecular complexity index is 2110. The third kappa shape index (κ3) is 5.40. The summed E-state index contributed by atoms with van der Waals surface area (Å²) in [4.78, 5) is 4.43. The molecular formula is C36H27FN4O2Pt. The normalized spacial score (nSPS) is 11.1. The zero-order valence-electron chi connectivity index (χ0n) is 24.2. The SMILES string of the molecule is CCOc1cc(C)c(-c2cnn(-c3[c-]c(Oc4[c-]c5c(cc4)c4ccccc4n5-c4cc(F)ccn4)ccc3)c2)c(C)c1.[Pt+2]. The maximum absolute atomic E-state index is 14.2. The monoisotopic (exact) mass is 761 g/mol. The molecule has 0 saturated heterocycles. The van der Waals surface area contributed by atoms with Gasteiger partial charge in [0.1, 0.15) is 17.4 Å². The van der Waals surface area contributed by atoms with Crippen molar-refractivity contribution >= 4 is 21.8 Å². The third-order valence-electron chi connectivity index (χ3n) is 7.40. The average Bonchev–Trinajstić information content (AvgIpc) is 3.60. The van der Waals surface area contributed by atoms with Gasteiger partial charge in [0.15, 0.2) is 0 Å². The second-order valence-corrected chi connectivity index (χ2v) is 10.3. The molecule has 8 heteroatoms. The molecule has 6 nitrogen and oxygen atoms in total. The predicted molar refractivity (Wildman–Crippen MR) is 166 cm³/mol. The van der Waals surface area contributed by atoms with Crippen molar-refractivity contribution in [1.29, 1.82) is 0 Å². The van der Waals surface area contributed by atoms with E-state index in [4.69, 9.17) is 9.47 Å².